The Bertz CT molecular complexity index is 891. The van der Waals surface area contributed by atoms with Gasteiger partial charge in [-0.2, -0.15) is 0 Å². The predicted octanol–water partition coefficient (Wildman–Crippen LogP) is 5.54. The zero-order valence-corrected chi connectivity index (χ0v) is 17.8. The molecule has 0 amide bonds. The normalized spacial score (nSPS) is 13.0. The summed E-state index contributed by atoms with van der Waals surface area (Å²) in [5.74, 6) is 0.852. The van der Waals surface area contributed by atoms with Gasteiger partial charge in [-0.1, -0.05) is 59.7 Å². The van der Waals surface area contributed by atoms with E-state index in [4.69, 9.17) is 4.74 Å². The van der Waals surface area contributed by atoms with E-state index in [2.05, 4.69) is 91.0 Å². The first kappa shape index (κ1) is 20.9. The van der Waals surface area contributed by atoms with Crippen LogP contribution >= 0.6 is 0 Å². The highest BCUT2D eigenvalue weighted by Gasteiger charge is 2.14. The van der Waals surface area contributed by atoms with Crippen molar-refractivity contribution in [1.82, 2.24) is 4.98 Å². The standard InChI is InChI=1S/C25H31N3O/c1-18-7-11-21(12-8-18)16-23(17-29-4)28-24-6-5-15-26-25(24)27-20(3)22-13-9-19(2)10-14-22/h5-15,20,23,28H,16-17H2,1-4H3,(H,26,27)/t20?,23-/m0/s1. The summed E-state index contributed by atoms with van der Waals surface area (Å²) in [5.41, 5.74) is 6.05. The van der Waals surface area contributed by atoms with E-state index in [9.17, 15) is 0 Å². The van der Waals surface area contributed by atoms with Gasteiger partial charge in [-0.05, 0) is 50.5 Å². The zero-order chi connectivity index (χ0) is 20.6. The Morgan fingerprint density at radius 2 is 1.55 bits per heavy atom. The number of anilines is 2. The van der Waals surface area contributed by atoms with Crippen LogP contribution in [0.1, 0.15) is 35.2 Å². The second kappa shape index (κ2) is 10.1. The van der Waals surface area contributed by atoms with E-state index >= 15 is 0 Å². The number of nitrogens with zero attached hydrogens (tertiary/aromatic N) is 1. The minimum Gasteiger partial charge on any atom is -0.383 e. The monoisotopic (exact) mass is 389 g/mol. The molecule has 4 nitrogen and oxygen atoms in total. The summed E-state index contributed by atoms with van der Waals surface area (Å²) in [5, 5.41) is 7.18. The summed E-state index contributed by atoms with van der Waals surface area (Å²) in [7, 11) is 1.74. The van der Waals surface area contributed by atoms with E-state index < -0.39 is 0 Å². The number of aromatic nitrogens is 1. The van der Waals surface area contributed by atoms with Crippen LogP contribution in [0.2, 0.25) is 0 Å². The van der Waals surface area contributed by atoms with Crippen LogP contribution in [0, 0.1) is 13.8 Å². The number of rotatable bonds is 9. The molecule has 0 aliphatic heterocycles. The highest BCUT2D eigenvalue weighted by atomic mass is 16.5. The first-order valence-corrected chi connectivity index (χ1v) is 10.1. The molecule has 0 bridgehead atoms. The molecule has 2 aromatic carbocycles. The number of hydrogen-bond acceptors (Lipinski definition) is 4. The maximum absolute atomic E-state index is 5.47. The molecule has 0 spiro atoms. The van der Waals surface area contributed by atoms with Crippen LogP contribution in [-0.2, 0) is 11.2 Å². The molecule has 4 heteroatoms. The molecule has 29 heavy (non-hydrogen) atoms. The van der Waals surface area contributed by atoms with Gasteiger partial charge in [0.25, 0.3) is 0 Å². The summed E-state index contributed by atoms with van der Waals surface area (Å²) in [4.78, 5) is 4.58. The number of benzene rings is 2. The Hall–Kier alpha value is -2.85. The Balaban J connectivity index is 1.73. The van der Waals surface area contributed by atoms with Gasteiger partial charge in [-0.3, -0.25) is 0 Å². The van der Waals surface area contributed by atoms with E-state index in [0.717, 1.165) is 17.9 Å². The third-order valence-electron chi connectivity index (χ3n) is 5.07. The summed E-state index contributed by atoms with van der Waals surface area (Å²) < 4.78 is 5.47. The van der Waals surface area contributed by atoms with Gasteiger partial charge in [0.05, 0.1) is 24.4 Å². The van der Waals surface area contributed by atoms with Gasteiger partial charge in [0, 0.05) is 13.3 Å². The van der Waals surface area contributed by atoms with Crippen molar-refractivity contribution < 1.29 is 4.74 Å². The Morgan fingerprint density at radius 1 is 0.897 bits per heavy atom. The van der Waals surface area contributed by atoms with Crippen LogP contribution in [0.25, 0.3) is 0 Å². The highest BCUT2D eigenvalue weighted by molar-refractivity contribution is 5.65. The van der Waals surface area contributed by atoms with Crippen LogP contribution in [0.4, 0.5) is 11.5 Å². The lowest BCUT2D eigenvalue weighted by atomic mass is 10.0. The number of nitrogens with one attached hydrogen (secondary N) is 2. The minimum atomic E-state index is 0.155. The average Bonchev–Trinajstić information content (AvgIpc) is 2.72. The molecule has 0 saturated heterocycles. The molecule has 2 atom stereocenters. The van der Waals surface area contributed by atoms with E-state index in [0.29, 0.717) is 6.61 Å². The topological polar surface area (TPSA) is 46.2 Å². The molecule has 0 fully saturated rings. The second-order valence-corrected chi connectivity index (χ2v) is 7.66. The van der Waals surface area contributed by atoms with Crippen LogP contribution in [0.5, 0.6) is 0 Å². The third kappa shape index (κ3) is 6.06. The number of aryl methyl sites for hydroxylation is 2. The van der Waals surface area contributed by atoms with Crippen molar-refractivity contribution in [2.24, 2.45) is 0 Å². The SMILES string of the molecule is COC[C@H](Cc1ccc(C)cc1)Nc1cccnc1NC(C)c1ccc(C)cc1. The molecular weight excluding hydrogens is 358 g/mol. The lowest BCUT2D eigenvalue weighted by Crippen LogP contribution is -2.28. The van der Waals surface area contributed by atoms with E-state index in [1.165, 1.54) is 22.3 Å². The third-order valence-corrected chi connectivity index (χ3v) is 5.07. The van der Waals surface area contributed by atoms with Crippen molar-refractivity contribution >= 4 is 11.5 Å². The molecule has 3 aromatic rings. The summed E-state index contributed by atoms with van der Waals surface area (Å²) in [6, 6.07) is 21.6. The second-order valence-electron chi connectivity index (χ2n) is 7.66. The summed E-state index contributed by atoms with van der Waals surface area (Å²) in [6.45, 7) is 6.99. The number of pyridine rings is 1. The lowest BCUT2D eigenvalue weighted by molar-refractivity contribution is 0.185. The van der Waals surface area contributed by atoms with Gasteiger partial charge in [0.15, 0.2) is 0 Å². The summed E-state index contributed by atoms with van der Waals surface area (Å²) >= 11 is 0. The maximum Gasteiger partial charge on any atom is 0.149 e. The molecule has 3 rings (SSSR count). The van der Waals surface area contributed by atoms with Gasteiger partial charge < -0.3 is 15.4 Å². The fourth-order valence-electron chi connectivity index (χ4n) is 3.36. The molecule has 1 aromatic heterocycles. The number of hydrogen-bond donors (Lipinski definition) is 2. The number of ether oxygens (including phenoxy) is 1. The van der Waals surface area contributed by atoms with Gasteiger partial charge in [0.2, 0.25) is 0 Å². The fourth-order valence-corrected chi connectivity index (χ4v) is 3.36. The smallest absolute Gasteiger partial charge is 0.149 e. The van der Waals surface area contributed by atoms with Crippen molar-refractivity contribution in [1.29, 1.82) is 0 Å². The van der Waals surface area contributed by atoms with Gasteiger partial charge in [-0.25, -0.2) is 4.98 Å². The van der Waals surface area contributed by atoms with E-state index in [-0.39, 0.29) is 12.1 Å². The molecule has 2 N–H and O–H groups in total. The van der Waals surface area contributed by atoms with Crippen molar-refractivity contribution in [3.63, 3.8) is 0 Å². The van der Waals surface area contributed by atoms with Crippen LogP contribution < -0.4 is 10.6 Å². The van der Waals surface area contributed by atoms with Crippen molar-refractivity contribution in [3.05, 3.63) is 89.1 Å². The van der Waals surface area contributed by atoms with Crippen molar-refractivity contribution in [3.8, 4) is 0 Å². The fraction of sp³-hybridized carbons (Fsp3) is 0.320. The lowest BCUT2D eigenvalue weighted by Gasteiger charge is -2.23. The van der Waals surface area contributed by atoms with Gasteiger partial charge >= 0.3 is 0 Å². The molecule has 0 aliphatic rings. The quantitative estimate of drug-likeness (QED) is 0.504. The van der Waals surface area contributed by atoms with Crippen LogP contribution in [-0.4, -0.2) is 24.7 Å². The average molecular weight is 390 g/mol. The zero-order valence-electron chi connectivity index (χ0n) is 17.8. The molecule has 152 valence electrons. The van der Waals surface area contributed by atoms with Crippen LogP contribution in [0.3, 0.4) is 0 Å². The van der Waals surface area contributed by atoms with Crippen molar-refractivity contribution in [2.75, 3.05) is 24.4 Å². The maximum atomic E-state index is 5.47. The minimum absolute atomic E-state index is 0.155. The Morgan fingerprint density at radius 3 is 2.21 bits per heavy atom. The molecule has 0 saturated carbocycles. The van der Waals surface area contributed by atoms with E-state index in [1.807, 2.05) is 12.3 Å². The first-order valence-electron chi connectivity index (χ1n) is 10.1. The molecule has 1 unspecified atom stereocenters. The largest absolute Gasteiger partial charge is 0.383 e. The first-order chi connectivity index (χ1) is 14.0. The Labute approximate surface area is 174 Å². The van der Waals surface area contributed by atoms with Gasteiger partial charge in [-0.15, -0.1) is 0 Å². The number of methoxy groups -OCH3 is 1. The highest BCUT2D eigenvalue weighted by Crippen LogP contribution is 2.25. The Kier molecular flexibility index (Phi) is 7.25. The summed E-state index contributed by atoms with van der Waals surface area (Å²) in [6.07, 6.45) is 2.71. The van der Waals surface area contributed by atoms with Crippen LogP contribution in [0.15, 0.2) is 66.9 Å². The molecular formula is C25H31N3O. The van der Waals surface area contributed by atoms with E-state index in [1.54, 1.807) is 7.11 Å². The molecule has 1 heterocycles. The predicted molar refractivity (Wildman–Crippen MR) is 122 cm³/mol. The van der Waals surface area contributed by atoms with Gasteiger partial charge in [0.1, 0.15) is 5.82 Å². The molecule has 0 radical (unpaired) electrons. The molecule has 0 aliphatic carbocycles. The van der Waals surface area contributed by atoms with Crippen molar-refractivity contribution in [2.45, 2.75) is 39.3 Å².